The van der Waals surface area contributed by atoms with Crippen molar-refractivity contribution in [3.63, 3.8) is 0 Å². The number of rotatable bonds is 6. The summed E-state index contributed by atoms with van der Waals surface area (Å²) in [7, 11) is 0. The zero-order valence-electron chi connectivity index (χ0n) is 13.2. The number of hydrogen-bond acceptors (Lipinski definition) is 4. The highest BCUT2D eigenvalue weighted by Crippen LogP contribution is 2.22. The fraction of sp³-hybridized carbons (Fsp3) is 0.688. The molecule has 1 amide bonds. The second-order valence-electron chi connectivity index (χ2n) is 5.80. The van der Waals surface area contributed by atoms with Crippen LogP contribution in [0.5, 0.6) is 6.01 Å². The second-order valence-corrected chi connectivity index (χ2v) is 5.80. The van der Waals surface area contributed by atoms with Gasteiger partial charge in [-0.3, -0.25) is 4.79 Å². The van der Waals surface area contributed by atoms with Crippen molar-refractivity contribution in [1.29, 1.82) is 0 Å². The maximum absolute atomic E-state index is 12.7. The Bertz CT molecular complexity index is 469. The number of nitrogens with zero attached hydrogens (tertiary/aromatic N) is 2. The van der Waals surface area contributed by atoms with E-state index in [0.29, 0.717) is 0 Å². The lowest BCUT2D eigenvalue weighted by Gasteiger charge is -2.29. The molecule has 22 heavy (non-hydrogen) atoms. The lowest BCUT2D eigenvalue weighted by molar-refractivity contribution is -0.126. The smallest absolute Gasteiger partial charge is 0.316 e. The maximum Gasteiger partial charge on any atom is 0.316 e. The summed E-state index contributed by atoms with van der Waals surface area (Å²) in [6.45, 7) is 4.09. The first-order chi connectivity index (χ1) is 10.6. The Morgan fingerprint density at radius 2 is 1.86 bits per heavy atom. The first-order valence-electron chi connectivity index (χ1n) is 8.06. The maximum atomic E-state index is 12.7. The molecule has 0 atom stereocenters. The second kappa shape index (κ2) is 8.06. The van der Waals surface area contributed by atoms with E-state index in [-0.39, 0.29) is 30.0 Å². The lowest BCUT2D eigenvalue weighted by atomic mass is 9.92. The van der Waals surface area contributed by atoms with Gasteiger partial charge in [-0.25, -0.2) is 14.4 Å². The van der Waals surface area contributed by atoms with Crippen LogP contribution in [0.3, 0.4) is 0 Å². The highest BCUT2D eigenvalue weighted by atomic mass is 19.1. The molecule has 0 bridgehead atoms. The number of carbonyl (C=O) groups excluding carboxylic acids is 1. The first-order valence-corrected chi connectivity index (χ1v) is 8.06. The van der Waals surface area contributed by atoms with Crippen LogP contribution in [0.4, 0.5) is 4.39 Å². The van der Waals surface area contributed by atoms with Gasteiger partial charge in [-0.1, -0.05) is 13.8 Å². The van der Waals surface area contributed by atoms with Crippen molar-refractivity contribution < 1.29 is 13.9 Å². The van der Waals surface area contributed by atoms with Gasteiger partial charge in [0, 0.05) is 12.0 Å². The van der Waals surface area contributed by atoms with Gasteiger partial charge < -0.3 is 10.1 Å². The van der Waals surface area contributed by atoms with Crippen molar-refractivity contribution in [3.8, 4) is 6.01 Å². The first kappa shape index (κ1) is 16.6. The predicted octanol–water partition coefficient (Wildman–Crippen LogP) is 2.86. The van der Waals surface area contributed by atoms with Crippen molar-refractivity contribution >= 4 is 5.91 Å². The molecule has 0 saturated heterocycles. The predicted molar refractivity (Wildman–Crippen MR) is 80.9 cm³/mol. The van der Waals surface area contributed by atoms with Gasteiger partial charge in [-0.05, 0) is 38.5 Å². The largest absolute Gasteiger partial charge is 0.460 e. The van der Waals surface area contributed by atoms with Crippen LogP contribution in [0.15, 0.2) is 12.4 Å². The molecule has 1 aromatic rings. The molecule has 0 aromatic carbocycles. The zero-order valence-corrected chi connectivity index (χ0v) is 13.2. The van der Waals surface area contributed by atoms with Gasteiger partial charge in [-0.2, -0.15) is 0 Å². The summed E-state index contributed by atoms with van der Waals surface area (Å²) in [4.78, 5) is 19.7. The Morgan fingerprint density at radius 3 is 2.41 bits per heavy atom. The van der Waals surface area contributed by atoms with Gasteiger partial charge in [0.1, 0.15) is 6.10 Å². The molecular weight excluding hydrogens is 285 g/mol. The fourth-order valence-corrected chi connectivity index (χ4v) is 2.81. The molecule has 1 fully saturated rings. The molecule has 0 spiro atoms. The van der Waals surface area contributed by atoms with E-state index in [9.17, 15) is 9.18 Å². The summed E-state index contributed by atoms with van der Waals surface area (Å²) in [5, 5.41) is 3.14. The standard InChI is InChI=1S/C16H24FN3O2/c1-3-11(4-2)15(21)20-13-5-7-14(8-6-13)22-16-18-9-12(17)10-19-16/h9-11,13-14H,3-8H2,1-2H3,(H,20,21). The van der Waals surface area contributed by atoms with Crippen LogP contribution in [0.1, 0.15) is 52.4 Å². The third kappa shape index (κ3) is 4.64. The molecule has 1 aromatic heterocycles. The molecular formula is C16H24FN3O2. The Morgan fingerprint density at radius 1 is 1.27 bits per heavy atom. The lowest BCUT2D eigenvalue weighted by Crippen LogP contribution is -2.42. The van der Waals surface area contributed by atoms with Crippen molar-refractivity contribution in [2.75, 3.05) is 0 Å². The van der Waals surface area contributed by atoms with Crippen LogP contribution in [0.2, 0.25) is 0 Å². The molecule has 0 aliphatic heterocycles. The Labute approximate surface area is 130 Å². The summed E-state index contributed by atoms with van der Waals surface area (Å²) in [5.41, 5.74) is 0. The fourth-order valence-electron chi connectivity index (χ4n) is 2.81. The van der Waals surface area contributed by atoms with Crippen LogP contribution in [0.25, 0.3) is 0 Å². The molecule has 0 radical (unpaired) electrons. The molecule has 0 unspecified atom stereocenters. The highest BCUT2D eigenvalue weighted by Gasteiger charge is 2.25. The number of halogens is 1. The molecule has 1 aliphatic carbocycles. The zero-order chi connectivity index (χ0) is 15.9. The number of carbonyl (C=O) groups is 1. The van der Waals surface area contributed by atoms with E-state index in [1.807, 2.05) is 13.8 Å². The van der Waals surface area contributed by atoms with Crippen molar-refractivity contribution in [1.82, 2.24) is 15.3 Å². The average Bonchev–Trinajstić information content (AvgIpc) is 2.53. The molecule has 5 nitrogen and oxygen atoms in total. The minimum Gasteiger partial charge on any atom is -0.460 e. The van der Waals surface area contributed by atoms with Crippen molar-refractivity contribution in [2.24, 2.45) is 5.92 Å². The van der Waals surface area contributed by atoms with E-state index in [1.54, 1.807) is 0 Å². The molecule has 1 N–H and O–H groups in total. The molecule has 2 rings (SSSR count). The van der Waals surface area contributed by atoms with Crippen molar-refractivity contribution in [2.45, 2.75) is 64.5 Å². The Balaban J connectivity index is 1.75. The number of hydrogen-bond donors (Lipinski definition) is 1. The van der Waals surface area contributed by atoms with E-state index >= 15 is 0 Å². The van der Waals surface area contributed by atoms with E-state index in [2.05, 4.69) is 15.3 Å². The third-order valence-corrected chi connectivity index (χ3v) is 4.25. The molecule has 6 heteroatoms. The SMILES string of the molecule is CCC(CC)C(=O)NC1CCC(Oc2ncc(F)cn2)CC1. The summed E-state index contributed by atoms with van der Waals surface area (Å²) in [5.74, 6) is -0.196. The number of aromatic nitrogens is 2. The summed E-state index contributed by atoms with van der Waals surface area (Å²) in [6, 6.07) is 0.438. The third-order valence-electron chi connectivity index (χ3n) is 4.25. The molecule has 1 aliphatic rings. The highest BCUT2D eigenvalue weighted by molar-refractivity contribution is 5.78. The summed E-state index contributed by atoms with van der Waals surface area (Å²) >= 11 is 0. The minimum absolute atomic E-state index is 0.0340. The van der Waals surface area contributed by atoms with Gasteiger partial charge in [0.2, 0.25) is 5.91 Å². The normalized spacial score (nSPS) is 21.6. The van der Waals surface area contributed by atoms with E-state index in [0.717, 1.165) is 50.9 Å². The van der Waals surface area contributed by atoms with E-state index in [4.69, 9.17) is 4.74 Å². The van der Waals surface area contributed by atoms with Crippen LogP contribution in [-0.2, 0) is 4.79 Å². The van der Waals surface area contributed by atoms with Gasteiger partial charge in [-0.15, -0.1) is 0 Å². The van der Waals surface area contributed by atoms with Gasteiger partial charge in [0.25, 0.3) is 0 Å². The molecule has 1 saturated carbocycles. The Kier molecular flexibility index (Phi) is 6.10. The average molecular weight is 309 g/mol. The molecule has 122 valence electrons. The van der Waals surface area contributed by atoms with Crippen LogP contribution in [-0.4, -0.2) is 28.0 Å². The van der Waals surface area contributed by atoms with Crippen LogP contribution in [0, 0.1) is 11.7 Å². The summed E-state index contributed by atoms with van der Waals surface area (Å²) in [6.07, 6.45) is 7.45. The number of ether oxygens (including phenoxy) is 1. The minimum atomic E-state index is -0.472. The van der Waals surface area contributed by atoms with Gasteiger partial charge >= 0.3 is 6.01 Å². The quantitative estimate of drug-likeness (QED) is 0.877. The van der Waals surface area contributed by atoms with Gasteiger partial charge in [0.05, 0.1) is 12.4 Å². The number of nitrogens with one attached hydrogen (secondary N) is 1. The van der Waals surface area contributed by atoms with Crippen molar-refractivity contribution in [3.05, 3.63) is 18.2 Å². The van der Waals surface area contributed by atoms with E-state index < -0.39 is 5.82 Å². The topological polar surface area (TPSA) is 64.1 Å². The monoisotopic (exact) mass is 309 g/mol. The Hall–Kier alpha value is -1.72. The molecule has 1 heterocycles. The summed E-state index contributed by atoms with van der Waals surface area (Å²) < 4.78 is 18.4. The van der Waals surface area contributed by atoms with Gasteiger partial charge in [0.15, 0.2) is 5.82 Å². The number of amides is 1. The van der Waals surface area contributed by atoms with E-state index in [1.165, 1.54) is 0 Å². The van der Waals surface area contributed by atoms with Crippen LogP contribution >= 0.6 is 0 Å². The van der Waals surface area contributed by atoms with Crippen LogP contribution < -0.4 is 10.1 Å².